The van der Waals surface area contributed by atoms with E-state index < -0.39 is 0 Å². The first-order valence-corrected chi connectivity index (χ1v) is 12.2. The zero-order valence-corrected chi connectivity index (χ0v) is 20.1. The highest BCUT2D eigenvalue weighted by Gasteiger charge is 2.35. The predicted octanol–water partition coefficient (Wildman–Crippen LogP) is 6.02. The van der Waals surface area contributed by atoms with E-state index in [1.54, 1.807) is 0 Å². The highest BCUT2D eigenvalue weighted by atomic mass is 35.5. The van der Waals surface area contributed by atoms with Crippen molar-refractivity contribution >= 4 is 40.4 Å². The molecule has 1 saturated heterocycles. The number of pyridine rings is 1. The summed E-state index contributed by atoms with van der Waals surface area (Å²) < 4.78 is 0. The SMILES string of the molecule is C[C@@H]1C[C@H](C)CN(c2ccc(NC(=S)NCC3(c4ccc(Cl)cc4)CCCC3)cn2)C1. The van der Waals surface area contributed by atoms with Crippen molar-refractivity contribution in [2.24, 2.45) is 11.8 Å². The smallest absolute Gasteiger partial charge is 0.170 e. The van der Waals surface area contributed by atoms with Gasteiger partial charge < -0.3 is 15.5 Å². The number of nitrogens with zero attached hydrogens (tertiary/aromatic N) is 2. The second-order valence-corrected chi connectivity index (χ2v) is 10.4. The van der Waals surface area contributed by atoms with Gasteiger partial charge in [-0.1, -0.05) is 50.4 Å². The number of aromatic nitrogens is 1. The molecular formula is C25H33ClN4S. The van der Waals surface area contributed by atoms with Crippen LogP contribution in [0, 0.1) is 11.8 Å². The third kappa shape index (κ3) is 5.50. The number of benzene rings is 1. The monoisotopic (exact) mass is 456 g/mol. The molecule has 2 fully saturated rings. The van der Waals surface area contributed by atoms with Crippen molar-refractivity contribution in [3.05, 3.63) is 53.2 Å². The molecule has 0 amide bonds. The molecule has 1 aliphatic carbocycles. The lowest BCUT2D eigenvalue weighted by Crippen LogP contribution is -2.40. The number of thiocarbonyl (C=S) groups is 1. The van der Waals surface area contributed by atoms with Gasteiger partial charge >= 0.3 is 0 Å². The maximum Gasteiger partial charge on any atom is 0.170 e. The van der Waals surface area contributed by atoms with Crippen molar-refractivity contribution in [1.82, 2.24) is 10.3 Å². The summed E-state index contributed by atoms with van der Waals surface area (Å²) >= 11 is 11.7. The van der Waals surface area contributed by atoms with Crippen LogP contribution in [0.2, 0.25) is 5.02 Å². The first-order valence-electron chi connectivity index (χ1n) is 11.5. The van der Waals surface area contributed by atoms with Crippen LogP contribution in [-0.2, 0) is 5.41 Å². The summed E-state index contributed by atoms with van der Waals surface area (Å²) in [7, 11) is 0. The molecule has 1 aliphatic heterocycles. The number of anilines is 2. The van der Waals surface area contributed by atoms with E-state index in [2.05, 4.69) is 53.6 Å². The number of nitrogens with one attached hydrogen (secondary N) is 2. The van der Waals surface area contributed by atoms with Crippen LogP contribution >= 0.6 is 23.8 Å². The normalized spacial score (nSPS) is 22.9. The second kappa shape index (κ2) is 9.74. The Morgan fingerprint density at radius 3 is 2.39 bits per heavy atom. The Balaban J connectivity index is 1.34. The largest absolute Gasteiger partial charge is 0.362 e. The minimum atomic E-state index is 0.125. The van der Waals surface area contributed by atoms with E-state index in [-0.39, 0.29) is 5.41 Å². The van der Waals surface area contributed by atoms with Gasteiger partial charge in [0.05, 0.1) is 11.9 Å². The Morgan fingerprint density at radius 2 is 1.77 bits per heavy atom. The van der Waals surface area contributed by atoms with E-state index in [4.69, 9.17) is 28.8 Å². The van der Waals surface area contributed by atoms with E-state index in [9.17, 15) is 0 Å². The summed E-state index contributed by atoms with van der Waals surface area (Å²) in [5.41, 5.74) is 2.40. The summed E-state index contributed by atoms with van der Waals surface area (Å²) in [6, 6.07) is 12.5. The molecule has 4 nitrogen and oxygen atoms in total. The van der Waals surface area contributed by atoms with Gasteiger partial charge in [-0.15, -0.1) is 0 Å². The van der Waals surface area contributed by atoms with Gasteiger partial charge in [-0.25, -0.2) is 4.98 Å². The highest BCUT2D eigenvalue weighted by molar-refractivity contribution is 7.80. The van der Waals surface area contributed by atoms with Gasteiger partial charge in [0.15, 0.2) is 5.11 Å². The van der Waals surface area contributed by atoms with Gasteiger partial charge in [0.2, 0.25) is 0 Å². The van der Waals surface area contributed by atoms with E-state index in [1.807, 2.05) is 18.3 Å². The number of rotatable bonds is 5. The van der Waals surface area contributed by atoms with Crippen LogP contribution in [0.15, 0.2) is 42.6 Å². The first-order chi connectivity index (χ1) is 14.9. The van der Waals surface area contributed by atoms with Gasteiger partial charge in [0.1, 0.15) is 5.82 Å². The molecule has 31 heavy (non-hydrogen) atoms. The molecule has 166 valence electrons. The van der Waals surface area contributed by atoms with Crippen molar-refractivity contribution in [3.63, 3.8) is 0 Å². The summed E-state index contributed by atoms with van der Waals surface area (Å²) in [6.07, 6.45) is 8.04. The second-order valence-electron chi connectivity index (χ2n) is 9.56. The maximum absolute atomic E-state index is 6.10. The fourth-order valence-corrected chi connectivity index (χ4v) is 5.66. The number of halogens is 1. The summed E-state index contributed by atoms with van der Waals surface area (Å²) in [4.78, 5) is 7.09. The van der Waals surface area contributed by atoms with E-state index in [0.29, 0.717) is 16.9 Å². The summed E-state index contributed by atoms with van der Waals surface area (Å²) in [5.74, 6) is 2.47. The van der Waals surface area contributed by atoms with E-state index in [1.165, 1.54) is 37.7 Å². The van der Waals surface area contributed by atoms with Crippen molar-refractivity contribution in [1.29, 1.82) is 0 Å². The Bertz CT molecular complexity index is 867. The lowest BCUT2D eigenvalue weighted by molar-refractivity contribution is 0.355. The maximum atomic E-state index is 6.10. The van der Waals surface area contributed by atoms with Gasteiger partial charge in [-0.3, -0.25) is 0 Å². The Morgan fingerprint density at radius 1 is 1.10 bits per heavy atom. The molecule has 4 rings (SSSR count). The average Bonchev–Trinajstić information content (AvgIpc) is 3.23. The molecule has 0 radical (unpaired) electrons. The van der Waals surface area contributed by atoms with Crippen molar-refractivity contribution in [2.45, 2.75) is 51.4 Å². The van der Waals surface area contributed by atoms with Crippen LogP contribution in [0.25, 0.3) is 0 Å². The van der Waals surface area contributed by atoms with Crippen LogP contribution in [0.5, 0.6) is 0 Å². The molecule has 1 saturated carbocycles. The van der Waals surface area contributed by atoms with E-state index in [0.717, 1.165) is 36.2 Å². The lowest BCUT2D eigenvalue weighted by atomic mass is 9.79. The van der Waals surface area contributed by atoms with Crippen LogP contribution < -0.4 is 15.5 Å². The Kier molecular flexibility index (Phi) is 7.02. The van der Waals surface area contributed by atoms with Crippen LogP contribution in [-0.4, -0.2) is 29.7 Å². The molecule has 2 atom stereocenters. The molecule has 2 aromatic rings. The molecule has 2 aliphatic rings. The first kappa shape index (κ1) is 22.3. The third-order valence-electron chi connectivity index (χ3n) is 6.80. The van der Waals surface area contributed by atoms with Crippen molar-refractivity contribution < 1.29 is 0 Å². The Hall–Kier alpha value is -1.85. The highest BCUT2D eigenvalue weighted by Crippen LogP contribution is 2.41. The predicted molar refractivity (Wildman–Crippen MR) is 135 cm³/mol. The van der Waals surface area contributed by atoms with Gasteiger partial charge in [-0.05, 0) is 73.1 Å². The molecule has 1 aromatic heterocycles. The minimum Gasteiger partial charge on any atom is -0.362 e. The standard InChI is InChI=1S/C25H33ClN4S/c1-18-13-19(2)16-30(15-18)23-10-9-22(14-27-23)29-24(31)28-17-25(11-3-4-12-25)20-5-7-21(26)8-6-20/h5-10,14,18-19H,3-4,11-13,15-17H2,1-2H3,(H2,28,29,31)/t18-,19+. The lowest BCUT2D eigenvalue weighted by Gasteiger charge is -2.35. The van der Waals surface area contributed by atoms with Gasteiger partial charge in [0.25, 0.3) is 0 Å². The van der Waals surface area contributed by atoms with Gasteiger partial charge in [-0.2, -0.15) is 0 Å². The van der Waals surface area contributed by atoms with E-state index >= 15 is 0 Å². The molecule has 2 N–H and O–H groups in total. The van der Waals surface area contributed by atoms with Crippen molar-refractivity contribution in [2.75, 3.05) is 29.9 Å². The van der Waals surface area contributed by atoms with Crippen LogP contribution in [0.3, 0.4) is 0 Å². The molecule has 0 spiro atoms. The zero-order valence-electron chi connectivity index (χ0n) is 18.5. The number of hydrogen-bond acceptors (Lipinski definition) is 3. The molecular weight excluding hydrogens is 424 g/mol. The average molecular weight is 457 g/mol. The molecule has 0 unspecified atom stereocenters. The zero-order chi connectivity index (χ0) is 21.8. The molecule has 1 aromatic carbocycles. The molecule has 0 bridgehead atoms. The molecule has 2 heterocycles. The summed E-state index contributed by atoms with van der Waals surface area (Å²) in [5, 5.41) is 8.21. The van der Waals surface area contributed by atoms with Crippen LogP contribution in [0.1, 0.15) is 51.5 Å². The molecule has 6 heteroatoms. The van der Waals surface area contributed by atoms with Crippen molar-refractivity contribution in [3.8, 4) is 0 Å². The van der Waals surface area contributed by atoms with Gasteiger partial charge in [0, 0.05) is 30.1 Å². The minimum absolute atomic E-state index is 0.125. The topological polar surface area (TPSA) is 40.2 Å². The third-order valence-corrected chi connectivity index (χ3v) is 7.30. The Labute approximate surface area is 196 Å². The van der Waals surface area contributed by atoms with Crippen LogP contribution in [0.4, 0.5) is 11.5 Å². The fourth-order valence-electron chi connectivity index (χ4n) is 5.34. The fraction of sp³-hybridized carbons (Fsp3) is 0.520. The summed E-state index contributed by atoms with van der Waals surface area (Å²) in [6.45, 7) is 7.64. The number of hydrogen-bond donors (Lipinski definition) is 2. The quantitative estimate of drug-likeness (QED) is 0.538. The number of piperidine rings is 1.